The lowest BCUT2D eigenvalue weighted by molar-refractivity contribution is -0.343. The number of ether oxygens (including phenoxy) is 13. The molecule has 0 unspecified atom stereocenters. The van der Waals surface area contributed by atoms with Crippen LogP contribution < -0.4 is 24.4 Å². The normalized spacial score (nSPS) is 34.0. The van der Waals surface area contributed by atoms with Crippen LogP contribution in [0.25, 0.3) is 44.6 Å². The van der Waals surface area contributed by atoms with E-state index >= 15 is 0 Å². The standard InChI is InChI=1S/C65H74O38/c1-20-58(102-40(73)15-39(72)91-18-37-46(77)51(82)56(87)65(101-37)103-61-52(83)45(76)35(16-66)96-60(61)42-27(71)14-31-41(48(42)79)26(70)13-28(94-31)21-4-6-23(68)7-5-21)53(84)57(88)62(93-20)92-19-38-47(78)50(81)55(86)64(100-38)98-34-12-25-29(95-59(34)22-8-32(89-2)43(74)33(9-22)90-3)10-24(69)11-30(25)97-63-54(85)49(80)44(75)36(17-67)99-63/h4-14,20,35-38,44-47,49-58,60-67,75-78,80-88H,15-19H2,1-3H3,(H4-,68,69,70,71,74,79)/p+1/t20-,35+,36+,37+,38+,44+,45+,46+,47+,49-,50-,51-,52-,53-,54+,55+,56+,57+,58-,60-,61+,62+,63+,64+,65-/m0/s1. The van der Waals surface area contributed by atoms with Crippen LogP contribution in [0.3, 0.4) is 0 Å². The predicted molar refractivity (Wildman–Crippen MR) is 333 cm³/mol. The van der Waals surface area contributed by atoms with Crippen molar-refractivity contribution in [2.45, 2.75) is 167 Å². The summed E-state index contributed by atoms with van der Waals surface area (Å²) < 4.78 is 85.4. The molecule has 5 aliphatic heterocycles. The zero-order chi connectivity index (χ0) is 74.5. The molecule has 5 saturated heterocycles. The van der Waals surface area contributed by atoms with E-state index in [0.29, 0.717) is 5.56 Å². The van der Waals surface area contributed by atoms with Crippen LogP contribution in [0.4, 0.5) is 0 Å². The highest BCUT2D eigenvalue weighted by molar-refractivity contribution is 5.92. The third kappa shape index (κ3) is 15.2. The van der Waals surface area contributed by atoms with Crippen LogP contribution in [-0.4, -0.2) is 302 Å². The molecule has 5 aliphatic rings. The maximum absolute atomic E-state index is 13.6. The third-order valence-electron chi connectivity index (χ3n) is 18.0. The summed E-state index contributed by atoms with van der Waals surface area (Å²) in [4.78, 5) is 40.0. The van der Waals surface area contributed by atoms with Gasteiger partial charge in [0.25, 0.3) is 0 Å². The predicted octanol–water partition coefficient (Wildman–Crippen LogP) is -4.56. The minimum absolute atomic E-state index is 0.0229. The average Bonchev–Trinajstić information content (AvgIpc) is 0.754. The number of aliphatic hydroxyl groups excluding tert-OH is 15. The van der Waals surface area contributed by atoms with Gasteiger partial charge in [-0.2, -0.15) is 0 Å². The maximum atomic E-state index is 13.6. The van der Waals surface area contributed by atoms with Crippen LogP contribution in [0.1, 0.15) is 25.0 Å². The van der Waals surface area contributed by atoms with Crippen molar-refractivity contribution in [2.75, 3.05) is 40.6 Å². The lowest BCUT2D eigenvalue weighted by atomic mass is 9.89. The van der Waals surface area contributed by atoms with Gasteiger partial charge >= 0.3 is 23.3 Å². The molecular formula is C65H75O38+. The summed E-state index contributed by atoms with van der Waals surface area (Å²) in [5.41, 5.74) is -1.76. The molecule has 25 atom stereocenters. The van der Waals surface area contributed by atoms with E-state index in [9.17, 15) is 117 Å². The number of benzene rings is 4. The van der Waals surface area contributed by atoms with Gasteiger partial charge in [-0.05, 0) is 31.2 Å². The lowest BCUT2D eigenvalue weighted by Crippen LogP contribution is -2.63. The molecule has 38 nitrogen and oxygen atoms in total. The van der Waals surface area contributed by atoms with Gasteiger partial charge < -0.3 is 168 Å². The van der Waals surface area contributed by atoms with E-state index in [1.54, 1.807) is 0 Å². The Hall–Kier alpha value is -8.24. The van der Waals surface area contributed by atoms with Crippen LogP contribution >= 0.6 is 0 Å². The summed E-state index contributed by atoms with van der Waals surface area (Å²) in [6, 6.07) is 13.2. The Bertz CT molecular complexity index is 4030. The second kappa shape index (κ2) is 31.2. The van der Waals surface area contributed by atoms with E-state index in [4.69, 9.17) is 70.4 Å². The minimum Gasteiger partial charge on any atom is -0.508 e. The number of carbonyl (C=O) groups excluding carboxylic acids is 2. The van der Waals surface area contributed by atoms with Crippen LogP contribution in [0.5, 0.6) is 51.7 Å². The van der Waals surface area contributed by atoms with Gasteiger partial charge in [0.1, 0.15) is 180 Å². The molecular weight excluding hydrogens is 1390 g/mol. The highest BCUT2D eigenvalue weighted by Crippen LogP contribution is 2.49. The molecule has 0 spiro atoms. The first-order valence-electron chi connectivity index (χ1n) is 31.7. The Labute approximate surface area is 578 Å². The van der Waals surface area contributed by atoms with Crippen molar-refractivity contribution in [3.8, 4) is 74.4 Å². The average molecular weight is 1460 g/mol. The third-order valence-corrected chi connectivity index (χ3v) is 18.0. The van der Waals surface area contributed by atoms with Gasteiger partial charge in [-0.25, -0.2) is 4.42 Å². The van der Waals surface area contributed by atoms with Gasteiger partial charge in [-0.15, -0.1) is 0 Å². The molecule has 20 N–H and O–H groups in total. The lowest BCUT2D eigenvalue weighted by Gasteiger charge is -2.46. The molecule has 38 heteroatoms. The van der Waals surface area contributed by atoms with Crippen molar-refractivity contribution < 1.29 is 182 Å². The summed E-state index contributed by atoms with van der Waals surface area (Å²) in [7, 11) is 2.44. The fourth-order valence-corrected chi connectivity index (χ4v) is 12.3. The Morgan fingerprint density at radius 3 is 1.67 bits per heavy atom. The van der Waals surface area contributed by atoms with Crippen LogP contribution in [-0.2, 0) is 52.2 Å². The van der Waals surface area contributed by atoms with Gasteiger partial charge in [0.05, 0.1) is 57.3 Å². The number of carbonyl (C=O) groups is 2. The molecule has 0 saturated carbocycles. The van der Waals surface area contributed by atoms with Gasteiger partial charge in [0, 0.05) is 42.0 Å². The summed E-state index contributed by atoms with van der Waals surface area (Å²) in [5, 5.41) is 217. The number of aromatic hydroxyl groups is 5. The zero-order valence-corrected chi connectivity index (χ0v) is 54.1. The monoisotopic (exact) mass is 1460 g/mol. The Kier molecular flexibility index (Phi) is 23.0. The highest BCUT2D eigenvalue weighted by atomic mass is 16.7. The van der Waals surface area contributed by atoms with Crippen molar-refractivity contribution in [1.29, 1.82) is 0 Å². The zero-order valence-electron chi connectivity index (χ0n) is 54.1. The summed E-state index contributed by atoms with van der Waals surface area (Å²) in [6.07, 6.45) is -49.5. The van der Waals surface area contributed by atoms with Crippen LogP contribution in [0.2, 0.25) is 0 Å². The molecule has 0 radical (unpaired) electrons. The SMILES string of the molecule is COc1cc(-c2[o+]c3cc(O)cc(O[C@@H]4O[C@H](CO)[C@@H](O)[C@H](O)[C@H]4O)c3cc2O[C@@H]2O[C@H](CO[C@@H]3O[C@@H](C)[C@H](OC(=O)CC(=O)OC[C@H]4O[C@@H](O[C@@H]5[C@@H](O)[C@H](O)[C@@H](CO)O[C@H]5c5c(O)cc6oc(-c7ccc(O)cc7)cc(=O)c6c5O)[C@H](O)[C@@H](O)[C@@H]4O)[C@@H](O)[C@H]3O)[C@@H](O)[C@H](O)[C@H]2O)cc(OC)c1O. The number of methoxy groups -OCH3 is 2. The van der Waals surface area contributed by atoms with Crippen LogP contribution in [0, 0.1) is 0 Å². The topological polar surface area (TPSA) is 600 Å². The van der Waals surface area contributed by atoms with E-state index in [-0.39, 0.29) is 56.6 Å². The number of hydrogen-bond acceptors (Lipinski definition) is 37. The van der Waals surface area contributed by atoms with Crippen molar-refractivity contribution in [3.05, 3.63) is 82.5 Å². The molecule has 6 aromatic rings. The molecule has 0 amide bonds. The van der Waals surface area contributed by atoms with E-state index in [0.717, 1.165) is 24.3 Å². The summed E-state index contributed by atoms with van der Waals surface area (Å²) in [5.74, 6) is -7.07. The minimum atomic E-state index is -2.23. The van der Waals surface area contributed by atoms with E-state index in [2.05, 4.69) is 0 Å². The molecule has 103 heavy (non-hydrogen) atoms. The highest BCUT2D eigenvalue weighted by Gasteiger charge is 2.54. The molecule has 7 heterocycles. The van der Waals surface area contributed by atoms with E-state index in [1.165, 1.54) is 63.6 Å². The molecule has 11 rings (SSSR count). The van der Waals surface area contributed by atoms with Crippen molar-refractivity contribution >= 4 is 33.9 Å². The summed E-state index contributed by atoms with van der Waals surface area (Å²) >= 11 is 0. The molecule has 0 bridgehead atoms. The van der Waals surface area contributed by atoms with Crippen LogP contribution in [0.15, 0.2) is 80.4 Å². The first-order chi connectivity index (χ1) is 48.9. The number of phenols is 5. The largest absolute Gasteiger partial charge is 0.508 e. The second-order valence-corrected chi connectivity index (χ2v) is 24.7. The molecule has 562 valence electrons. The molecule has 0 aliphatic carbocycles. The Morgan fingerprint density at radius 2 is 1.05 bits per heavy atom. The number of fused-ring (bicyclic) bond motifs is 2. The van der Waals surface area contributed by atoms with Crippen molar-refractivity contribution in [2.24, 2.45) is 0 Å². The number of esters is 2. The fourth-order valence-electron chi connectivity index (χ4n) is 12.3. The number of hydrogen-bond donors (Lipinski definition) is 20. The first kappa shape index (κ1) is 75.9. The number of aliphatic hydroxyl groups is 15. The van der Waals surface area contributed by atoms with E-state index in [1.807, 2.05) is 0 Å². The molecule has 5 fully saturated rings. The maximum Gasteiger partial charge on any atom is 0.402 e. The van der Waals surface area contributed by atoms with Gasteiger partial charge in [0.15, 0.2) is 35.6 Å². The number of phenolic OH excluding ortho intramolecular Hbond substituents is 5. The fraction of sp³-hybridized carbons (Fsp3) is 0.508. The number of rotatable bonds is 21. The van der Waals surface area contributed by atoms with Crippen molar-refractivity contribution in [3.63, 3.8) is 0 Å². The van der Waals surface area contributed by atoms with Crippen molar-refractivity contribution in [1.82, 2.24) is 0 Å². The smallest absolute Gasteiger partial charge is 0.402 e. The second-order valence-electron chi connectivity index (χ2n) is 24.7. The van der Waals surface area contributed by atoms with Gasteiger partial charge in [-0.3, -0.25) is 14.4 Å². The van der Waals surface area contributed by atoms with Gasteiger partial charge in [0.2, 0.25) is 24.1 Å². The first-order valence-corrected chi connectivity index (χ1v) is 31.7. The Morgan fingerprint density at radius 1 is 0.505 bits per heavy atom. The Balaban J connectivity index is 0.729. The van der Waals surface area contributed by atoms with Gasteiger partial charge in [-0.1, -0.05) is 0 Å². The molecule has 4 aromatic carbocycles. The quantitative estimate of drug-likeness (QED) is 0.0183. The molecule has 2 aromatic heterocycles. The summed E-state index contributed by atoms with van der Waals surface area (Å²) in [6.45, 7) is -2.41. The van der Waals surface area contributed by atoms with E-state index < -0.39 is 243 Å².